The van der Waals surface area contributed by atoms with Gasteiger partial charge < -0.3 is 5.32 Å². The van der Waals surface area contributed by atoms with Crippen LogP contribution in [0.2, 0.25) is 5.02 Å². The molecule has 20 heavy (non-hydrogen) atoms. The molecule has 1 amide bonds. The summed E-state index contributed by atoms with van der Waals surface area (Å²) in [7, 11) is 1.42. The molecule has 0 bridgehead atoms. The molecule has 1 atom stereocenters. The Morgan fingerprint density at radius 1 is 1.40 bits per heavy atom. The van der Waals surface area contributed by atoms with E-state index in [9.17, 15) is 13.2 Å². The Balaban J connectivity index is 2.34. The summed E-state index contributed by atoms with van der Waals surface area (Å²) >= 11 is 5.97. The van der Waals surface area contributed by atoms with Crippen LogP contribution in [0.1, 0.15) is 36.2 Å². The molecule has 0 aromatic heterocycles. The van der Waals surface area contributed by atoms with Crippen LogP contribution in [0.25, 0.3) is 0 Å². The Bertz CT molecular complexity index is 683. The summed E-state index contributed by atoms with van der Waals surface area (Å²) < 4.78 is 23.0. The summed E-state index contributed by atoms with van der Waals surface area (Å²) in [6, 6.07) is 2.81. The van der Waals surface area contributed by atoms with E-state index >= 15 is 0 Å². The van der Waals surface area contributed by atoms with Crippen molar-refractivity contribution in [2.24, 2.45) is 5.41 Å². The van der Waals surface area contributed by atoms with Crippen molar-refractivity contribution in [3.63, 3.8) is 0 Å². The predicted octanol–water partition coefficient (Wildman–Crippen LogP) is 3.10. The largest absolute Gasteiger partial charge is 0.349 e. The molecule has 1 aromatic carbocycles. The number of benzene rings is 1. The average molecular weight is 336 g/mol. The Morgan fingerprint density at radius 3 is 2.40 bits per heavy atom. The molecule has 0 aliphatic heterocycles. The van der Waals surface area contributed by atoms with Gasteiger partial charge in [0, 0.05) is 27.3 Å². The van der Waals surface area contributed by atoms with Gasteiger partial charge in [0.1, 0.15) is 0 Å². The van der Waals surface area contributed by atoms with Crippen LogP contribution in [0.3, 0.4) is 0 Å². The van der Waals surface area contributed by atoms with Crippen LogP contribution in [0.5, 0.6) is 0 Å². The summed E-state index contributed by atoms with van der Waals surface area (Å²) in [5, 5.41) is 3.05. The van der Waals surface area contributed by atoms with E-state index in [1.807, 2.05) is 0 Å². The molecule has 1 unspecified atom stereocenters. The number of hydrogen-bond donors (Lipinski definition) is 1. The zero-order chi connectivity index (χ0) is 15.3. The van der Waals surface area contributed by atoms with Crippen molar-refractivity contribution in [2.45, 2.75) is 38.1 Å². The van der Waals surface area contributed by atoms with Crippen LogP contribution in [0, 0.1) is 12.3 Å². The molecule has 0 spiro atoms. The lowest BCUT2D eigenvalue weighted by molar-refractivity contribution is 0.0946. The average Bonchev–Trinajstić information content (AvgIpc) is 2.87. The van der Waals surface area contributed by atoms with Gasteiger partial charge in [0.05, 0.1) is 4.90 Å². The van der Waals surface area contributed by atoms with E-state index < -0.39 is 9.05 Å². The number of halogens is 2. The smallest absolute Gasteiger partial charge is 0.261 e. The molecule has 7 heteroatoms. The molecule has 1 aliphatic rings. The van der Waals surface area contributed by atoms with Crippen molar-refractivity contribution >= 4 is 37.2 Å². The maximum absolute atomic E-state index is 12.1. The Hall–Kier alpha value is -0.780. The van der Waals surface area contributed by atoms with Gasteiger partial charge in [-0.05, 0) is 36.5 Å². The molecule has 0 heterocycles. The highest BCUT2D eigenvalue weighted by atomic mass is 35.7. The van der Waals surface area contributed by atoms with Gasteiger partial charge in [-0.3, -0.25) is 4.79 Å². The first-order chi connectivity index (χ1) is 9.02. The molecule has 0 saturated heterocycles. The highest BCUT2D eigenvalue weighted by Crippen LogP contribution is 2.44. The van der Waals surface area contributed by atoms with Crippen molar-refractivity contribution in [3.8, 4) is 0 Å². The van der Waals surface area contributed by atoms with Crippen LogP contribution in [0.4, 0.5) is 0 Å². The molecule has 1 aromatic rings. The number of carbonyl (C=O) groups is 1. The lowest BCUT2D eigenvalue weighted by Gasteiger charge is -2.10. The Labute approximate surface area is 127 Å². The first-order valence-electron chi connectivity index (χ1n) is 6.08. The second-order valence-electron chi connectivity index (χ2n) is 5.74. The van der Waals surface area contributed by atoms with Gasteiger partial charge >= 0.3 is 0 Å². The summed E-state index contributed by atoms with van der Waals surface area (Å²) in [6.45, 7) is 5.65. The van der Waals surface area contributed by atoms with Gasteiger partial charge in [0.2, 0.25) is 0 Å². The molecular formula is C13H15Cl2NO3S. The summed E-state index contributed by atoms with van der Waals surface area (Å²) in [5.74, 6) is -0.343. The number of rotatable bonds is 3. The van der Waals surface area contributed by atoms with E-state index in [-0.39, 0.29) is 32.8 Å². The maximum Gasteiger partial charge on any atom is 0.261 e. The lowest BCUT2D eigenvalue weighted by Crippen LogP contribution is -2.28. The Kier molecular flexibility index (Phi) is 3.82. The van der Waals surface area contributed by atoms with Crippen LogP contribution >= 0.6 is 22.3 Å². The van der Waals surface area contributed by atoms with Gasteiger partial charge in [0.15, 0.2) is 0 Å². The quantitative estimate of drug-likeness (QED) is 0.863. The normalized spacial score (nSPS) is 20.6. The Morgan fingerprint density at radius 2 is 1.95 bits per heavy atom. The third-order valence-corrected chi connectivity index (χ3v) is 5.48. The zero-order valence-electron chi connectivity index (χ0n) is 11.3. The number of carbonyl (C=O) groups excluding carboxylic acids is 1. The first kappa shape index (κ1) is 15.6. The van der Waals surface area contributed by atoms with E-state index in [0.717, 1.165) is 6.42 Å². The van der Waals surface area contributed by atoms with E-state index in [4.69, 9.17) is 22.3 Å². The third-order valence-electron chi connectivity index (χ3n) is 3.64. The van der Waals surface area contributed by atoms with Gasteiger partial charge in [-0.1, -0.05) is 25.4 Å². The molecule has 1 aliphatic carbocycles. The molecule has 0 radical (unpaired) electrons. The molecule has 110 valence electrons. The number of hydrogen-bond acceptors (Lipinski definition) is 3. The van der Waals surface area contributed by atoms with E-state index in [2.05, 4.69) is 19.2 Å². The highest BCUT2D eigenvalue weighted by Gasteiger charge is 2.46. The molecular weight excluding hydrogens is 321 g/mol. The summed E-state index contributed by atoms with van der Waals surface area (Å²) in [6.07, 6.45) is 0.902. The molecule has 1 N–H and O–H groups in total. The predicted molar refractivity (Wildman–Crippen MR) is 78.9 cm³/mol. The second kappa shape index (κ2) is 4.90. The molecule has 4 nitrogen and oxygen atoms in total. The van der Waals surface area contributed by atoms with Crippen molar-refractivity contribution in [2.75, 3.05) is 0 Å². The zero-order valence-corrected chi connectivity index (χ0v) is 13.7. The van der Waals surface area contributed by atoms with Crippen molar-refractivity contribution in [1.82, 2.24) is 5.32 Å². The van der Waals surface area contributed by atoms with Gasteiger partial charge in [-0.2, -0.15) is 0 Å². The lowest BCUT2D eigenvalue weighted by atomic mass is 10.1. The van der Waals surface area contributed by atoms with Crippen LogP contribution in [0.15, 0.2) is 17.0 Å². The van der Waals surface area contributed by atoms with Gasteiger partial charge in [-0.15, -0.1) is 0 Å². The second-order valence-corrected chi connectivity index (χ2v) is 8.68. The molecule has 2 rings (SSSR count). The van der Waals surface area contributed by atoms with Crippen molar-refractivity contribution in [1.29, 1.82) is 0 Å². The molecule has 1 saturated carbocycles. The van der Waals surface area contributed by atoms with Crippen molar-refractivity contribution in [3.05, 3.63) is 28.3 Å². The van der Waals surface area contributed by atoms with Crippen molar-refractivity contribution < 1.29 is 13.2 Å². The topological polar surface area (TPSA) is 63.2 Å². The number of amides is 1. The van der Waals surface area contributed by atoms with Crippen LogP contribution in [-0.2, 0) is 9.05 Å². The summed E-state index contributed by atoms with van der Waals surface area (Å²) in [4.78, 5) is 12.0. The third kappa shape index (κ3) is 3.10. The van der Waals surface area contributed by atoms with Gasteiger partial charge in [-0.25, -0.2) is 8.42 Å². The van der Waals surface area contributed by atoms with E-state index in [0.29, 0.717) is 5.56 Å². The minimum atomic E-state index is -3.94. The van der Waals surface area contributed by atoms with E-state index in [1.54, 1.807) is 6.92 Å². The minimum Gasteiger partial charge on any atom is -0.349 e. The monoisotopic (exact) mass is 335 g/mol. The first-order valence-corrected chi connectivity index (χ1v) is 8.77. The van der Waals surface area contributed by atoms with Gasteiger partial charge in [0.25, 0.3) is 15.0 Å². The minimum absolute atomic E-state index is 0.0888. The maximum atomic E-state index is 12.1. The standard InChI is InChI=1S/C13H15Cl2NO3S/c1-7-9(14)4-8(5-10(7)20(15,18)19)12(17)16-11-6-13(11,2)3/h4-5,11H,6H2,1-3H3,(H,16,17). The summed E-state index contributed by atoms with van der Waals surface area (Å²) in [5.41, 5.74) is 0.624. The van der Waals surface area contributed by atoms with Crippen LogP contribution in [-0.4, -0.2) is 20.4 Å². The fraction of sp³-hybridized carbons (Fsp3) is 0.462. The fourth-order valence-corrected chi connectivity index (χ4v) is 3.49. The fourth-order valence-electron chi connectivity index (χ4n) is 1.99. The van der Waals surface area contributed by atoms with Crippen LogP contribution < -0.4 is 5.32 Å². The SMILES string of the molecule is Cc1c(Cl)cc(C(=O)NC2CC2(C)C)cc1S(=O)(=O)Cl. The number of nitrogens with one attached hydrogen (secondary N) is 1. The highest BCUT2D eigenvalue weighted by molar-refractivity contribution is 8.13. The van der Waals surface area contributed by atoms with E-state index in [1.165, 1.54) is 12.1 Å². The molecule has 1 fully saturated rings.